The second-order valence-corrected chi connectivity index (χ2v) is 7.31. The van der Waals surface area contributed by atoms with Gasteiger partial charge in [0.1, 0.15) is 6.67 Å². The normalized spacial score (nSPS) is 11.8. The van der Waals surface area contributed by atoms with E-state index in [0.717, 1.165) is 23.8 Å². The third-order valence-electron chi connectivity index (χ3n) is 3.19. The van der Waals surface area contributed by atoms with E-state index in [9.17, 15) is 12.8 Å². The molecule has 0 aliphatic heterocycles. The van der Waals surface area contributed by atoms with E-state index in [-0.39, 0.29) is 6.61 Å². The fourth-order valence-electron chi connectivity index (χ4n) is 2.02. The van der Waals surface area contributed by atoms with Gasteiger partial charge in [-0.1, -0.05) is 31.2 Å². The van der Waals surface area contributed by atoms with Gasteiger partial charge in [0.2, 0.25) is 0 Å². The average Bonchev–Trinajstić information content (AvgIpc) is 2.87. The Morgan fingerprint density at radius 1 is 1.24 bits per heavy atom. The van der Waals surface area contributed by atoms with E-state index in [1.807, 2.05) is 29.6 Å². The molecule has 0 radical (unpaired) electrons. The van der Waals surface area contributed by atoms with Crippen molar-refractivity contribution in [3.8, 4) is 11.1 Å². The molecule has 0 spiro atoms. The van der Waals surface area contributed by atoms with Gasteiger partial charge >= 0.3 is 0 Å². The first-order chi connectivity index (χ1) is 9.94. The Balaban J connectivity index is 2.36. The van der Waals surface area contributed by atoms with Crippen LogP contribution in [0.2, 0.25) is 0 Å². The number of benzene rings is 1. The van der Waals surface area contributed by atoms with Crippen molar-refractivity contribution in [2.45, 2.75) is 26.6 Å². The lowest BCUT2D eigenvalue weighted by Gasteiger charge is -2.07. The summed E-state index contributed by atoms with van der Waals surface area (Å²) in [5.41, 5.74) is 3.60. The molecule has 0 saturated heterocycles. The van der Waals surface area contributed by atoms with Crippen LogP contribution < -0.4 is 0 Å². The molecule has 0 bridgehead atoms. The lowest BCUT2D eigenvalue weighted by Crippen LogP contribution is -2.04. The molecule has 0 fully saturated rings. The van der Waals surface area contributed by atoms with Gasteiger partial charge < -0.3 is 0 Å². The van der Waals surface area contributed by atoms with Crippen LogP contribution in [0.15, 0.2) is 29.6 Å². The van der Waals surface area contributed by atoms with E-state index in [1.165, 1.54) is 16.9 Å². The van der Waals surface area contributed by atoms with Crippen molar-refractivity contribution < 1.29 is 17.0 Å². The molecule has 0 N–H and O–H groups in total. The van der Waals surface area contributed by atoms with Crippen molar-refractivity contribution in [2.75, 3.05) is 6.26 Å². The van der Waals surface area contributed by atoms with E-state index in [4.69, 9.17) is 4.18 Å². The van der Waals surface area contributed by atoms with Crippen molar-refractivity contribution in [3.05, 3.63) is 45.6 Å². The Kier molecular flexibility index (Phi) is 5.13. The van der Waals surface area contributed by atoms with E-state index < -0.39 is 16.8 Å². The number of alkyl halides is 1. The molecule has 0 saturated carbocycles. The molecule has 6 heteroatoms. The first-order valence-corrected chi connectivity index (χ1v) is 9.23. The van der Waals surface area contributed by atoms with Gasteiger partial charge in [-0.25, -0.2) is 4.39 Å². The van der Waals surface area contributed by atoms with Crippen molar-refractivity contribution in [1.82, 2.24) is 0 Å². The van der Waals surface area contributed by atoms with Crippen LogP contribution >= 0.6 is 11.3 Å². The van der Waals surface area contributed by atoms with E-state index in [2.05, 4.69) is 6.92 Å². The summed E-state index contributed by atoms with van der Waals surface area (Å²) in [4.78, 5) is 0.508. The van der Waals surface area contributed by atoms with Gasteiger partial charge in [-0.05, 0) is 28.5 Å². The lowest BCUT2D eigenvalue weighted by atomic mass is 10.0. The highest BCUT2D eigenvalue weighted by Crippen LogP contribution is 2.33. The van der Waals surface area contributed by atoms with Crippen LogP contribution in [0.5, 0.6) is 0 Å². The summed E-state index contributed by atoms with van der Waals surface area (Å²) in [5, 5.41) is 1.84. The minimum absolute atomic E-state index is 0.132. The Hall–Kier alpha value is -1.24. The Morgan fingerprint density at radius 3 is 2.43 bits per heavy atom. The second kappa shape index (κ2) is 6.68. The molecule has 114 valence electrons. The van der Waals surface area contributed by atoms with Crippen molar-refractivity contribution in [1.29, 1.82) is 0 Å². The molecule has 0 aliphatic rings. The molecule has 1 aromatic carbocycles. The highest BCUT2D eigenvalue weighted by atomic mass is 32.2. The highest BCUT2D eigenvalue weighted by Gasteiger charge is 2.15. The first kappa shape index (κ1) is 16.1. The van der Waals surface area contributed by atoms with Crippen LogP contribution in [0.3, 0.4) is 0 Å². The van der Waals surface area contributed by atoms with Gasteiger partial charge in [-0.15, -0.1) is 11.3 Å². The quantitative estimate of drug-likeness (QED) is 0.755. The SMILES string of the molecule is CCc1ccc(-c2csc(CF)c2COS(C)(=O)=O)cc1. The summed E-state index contributed by atoms with van der Waals surface area (Å²) in [6.07, 6.45) is 1.94. The van der Waals surface area contributed by atoms with Crippen LogP contribution in [0.25, 0.3) is 11.1 Å². The van der Waals surface area contributed by atoms with Gasteiger partial charge in [0, 0.05) is 10.4 Å². The number of rotatable bonds is 6. The van der Waals surface area contributed by atoms with Crippen LogP contribution in [0.1, 0.15) is 22.9 Å². The molecule has 0 aliphatic carbocycles. The average molecular weight is 328 g/mol. The summed E-state index contributed by atoms with van der Waals surface area (Å²) < 4.78 is 40.2. The van der Waals surface area contributed by atoms with Gasteiger partial charge in [0.15, 0.2) is 0 Å². The Morgan fingerprint density at radius 2 is 1.90 bits per heavy atom. The van der Waals surface area contributed by atoms with E-state index in [0.29, 0.717) is 10.4 Å². The maximum absolute atomic E-state index is 13.1. The molecule has 1 heterocycles. The summed E-state index contributed by atoms with van der Waals surface area (Å²) in [5.74, 6) is 0. The topological polar surface area (TPSA) is 43.4 Å². The molecule has 2 aromatic rings. The summed E-state index contributed by atoms with van der Waals surface area (Å²) >= 11 is 1.28. The molecular weight excluding hydrogens is 311 g/mol. The van der Waals surface area contributed by atoms with Gasteiger partial charge in [-0.3, -0.25) is 4.18 Å². The largest absolute Gasteiger partial charge is 0.265 e. The number of halogens is 1. The van der Waals surface area contributed by atoms with Gasteiger partial charge in [0.25, 0.3) is 10.1 Å². The molecule has 1 aromatic heterocycles. The molecule has 0 atom stereocenters. The van der Waals surface area contributed by atoms with Crippen LogP contribution in [0, 0.1) is 0 Å². The van der Waals surface area contributed by atoms with E-state index in [1.54, 1.807) is 0 Å². The number of hydrogen-bond acceptors (Lipinski definition) is 4. The van der Waals surface area contributed by atoms with Crippen LogP contribution in [-0.4, -0.2) is 14.7 Å². The smallest absolute Gasteiger partial charge is 0.264 e. The molecule has 3 nitrogen and oxygen atoms in total. The van der Waals surface area contributed by atoms with Crippen molar-refractivity contribution in [3.63, 3.8) is 0 Å². The predicted octanol–water partition coefficient (Wildman–Crippen LogP) is 3.92. The molecule has 21 heavy (non-hydrogen) atoms. The predicted molar refractivity (Wildman–Crippen MR) is 83.6 cm³/mol. The fraction of sp³-hybridized carbons (Fsp3) is 0.333. The summed E-state index contributed by atoms with van der Waals surface area (Å²) in [6.45, 7) is 1.32. The first-order valence-electron chi connectivity index (χ1n) is 6.53. The van der Waals surface area contributed by atoms with Gasteiger partial charge in [-0.2, -0.15) is 8.42 Å². The van der Waals surface area contributed by atoms with E-state index >= 15 is 0 Å². The zero-order chi connectivity index (χ0) is 15.5. The zero-order valence-electron chi connectivity index (χ0n) is 11.9. The molecule has 2 rings (SSSR count). The summed E-state index contributed by atoms with van der Waals surface area (Å²) in [6, 6.07) is 7.96. The van der Waals surface area contributed by atoms with Gasteiger partial charge in [0.05, 0.1) is 12.9 Å². The van der Waals surface area contributed by atoms with Crippen molar-refractivity contribution >= 4 is 21.5 Å². The minimum Gasteiger partial charge on any atom is -0.265 e. The monoisotopic (exact) mass is 328 g/mol. The Labute approximate surface area is 128 Å². The van der Waals surface area contributed by atoms with Crippen LogP contribution in [0.4, 0.5) is 4.39 Å². The van der Waals surface area contributed by atoms with Crippen LogP contribution in [-0.2, 0) is 34.0 Å². The summed E-state index contributed by atoms with van der Waals surface area (Å²) in [7, 11) is -3.55. The Bertz CT molecular complexity index is 703. The molecule has 0 amide bonds. The minimum atomic E-state index is -3.55. The number of thiophene rings is 1. The standard InChI is InChI=1S/C15H17FO3S2/c1-3-11-4-6-12(7-5-11)14-10-20-15(8-16)13(14)9-19-21(2,17)18/h4-7,10H,3,8-9H2,1-2H3. The fourth-order valence-corrected chi connectivity index (χ4v) is 3.27. The number of aryl methyl sites for hydroxylation is 1. The maximum Gasteiger partial charge on any atom is 0.264 e. The highest BCUT2D eigenvalue weighted by molar-refractivity contribution is 7.85. The molecule has 0 unspecified atom stereocenters. The third-order valence-corrected chi connectivity index (χ3v) is 4.73. The van der Waals surface area contributed by atoms with Crippen molar-refractivity contribution in [2.24, 2.45) is 0 Å². The third kappa shape index (κ3) is 4.12. The maximum atomic E-state index is 13.1. The number of hydrogen-bond donors (Lipinski definition) is 0. The molecular formula is C15H17FO3S2. The zero-order valence-corrected chi connectivity index (χ0v) is 13.6. The second-order valence-electron chi connectivity index (χ2n) is 4.70. The lowest BCUT2D eigenvalue weighted by molar-refractivity contribution is 0.310.